The van der Waals surface area contributed by atoms with Crippen LogP contribution in [0.2, 0.25) is 5.02 Å². The third-order valence-electron chi connectivity index (χ3n) is 6.83. The van der Waals surface area contributed by atoms with Gasteiger partial charge in [0.2, 0.25) is 10.0 Å². The topological polar surface area (TPSA) is 65.5 Å². The normalized spacial score (nSPS) is 15.4. The number of aromatic nitrogens is 1. The molecule has 0 aliphatic carbocycles. The molecule has 0 amide bonds. The number of hydrogen-bond donors (Lipinski definition) is 1. The van der Waals surface area contributed by atoms with Crippen LogP contribution >= 0.6 is 11.6 Å². The van der Waals surface area contributed by atoms with Gasteiger partial charge in [-0.1, -0.05) is 48.0 Å². The van der Waals surface area contributed by atoms with Crippen molar-refractivity contribution in [2.45, 2.75) is 24.2 Å². The molecule has 0 atom stereocenters. The Balaban J connectivity index is 1.46. The highest BCUT2D eigenvalue weighted by Crippen LogP contribution is 2.26. The van der Waals surface area contributed by atoms with Crippen LogP contribution < -0.4 is 5.32 Å². The highest BCUT2D eigenvalue weighted by Gasteiger charge is 2.27. The van der Waals surface area contributed by atoms with E-state index in [-0.39, 0.29) is 0 Å². The average molecular weight is 527 g/mol. The van der Waals surface area contributed by atoms with E-state index in [1.807, 2.05) is 37.4 Å². The van der Waals surface area contributed by atoms with Gasteiger partial charge in [-0.3, -0.25) is 4.98 Å². The van der Waals surface area contributed by atoms with E-state index in [1.54, 1.807) is 34.9 Å². The second kappa shape index (κ2) is 12.8. The second-order valence-electron chi connectivity index (χ2n) is 9.46. The van der Waals surface area contributed by atoms with Crippen molar-refractivity contribution in [1.29, 1.82) is 0 Å². The first-order chi connectivity index (χ1) is 17.4. The number of nitrogens with one attached hydrogen (secondary N) is 1. The lowest BCUT2D eigenvalue weighted by Gasteiger charge is -2.28. The quantitative estimate of drug-likeness (QED) is 0.384. The van der Waals surface area contributed by atoms with E-state index in [2.05, 4.69) is 27.4 Å². The summed E-state index contributed by atoms with van der Waals surface area (Å²) in [5.41, 5.74) is 1.09. The molecule has 8 heteroatoms. The van der Waals surface area contributed by atoms with E-state index >= 15 is 0 Å². The summed E-state index contributed by atoms with van der Waals surface area (Å²) in [6.45, 7) is 4.36. The summed E-state index contributed by atoms with van der Waals surface area (Å²) in [4.78, 5) is 6.66. The molecule has 36 heavy (non-hydrogen) atoms. The van der Waals surface area contributed by atoms with Crippen LogP contribution in [0.1, 0.15) is 24.8 Å². The Morgan fingerprint density at radius 3 is 2.61 bits per heavy atom. The Bertz CT molecular complexity index is 1250. The Hall–Kier alpha value is -2.29. The molecular formula is C28H35ClN4O2S. The van der Waals surface area contributed by atoms with Crippen molar-refractivity contribution in [3.05, 3.63) is 77.6 Å². The van der Waals surface area contributed by atoms with Crippen LogP contribution in [0.25, 0.3) is 16.8 Å². The third-order valence-corrected chi connectivity index (χ3v) is 9.04. The zero-order valence-corrected chi connectivity index (χ0v) is 22.4. The molecule has 1 saturated heterocycles. The number of nitrogens with zero attached hydrogens (tertiary/aromatic N) is 3. The zero-order valence-electron chi connectivity index (χ0n) is 20.8. The molecule has 4 rings (SSSR count). The Labute approximate surface area is 220 Å². The van der Waals surface area contributed by atoms with Crippen molar-refractivity contribution in [1.82, 2.24) is 19.5 Å². The lowest BCUT2D eigenvalue weighted by Crippen LogP contribution is -2.39. The van der Waals surface area contributed by atoms with Gasteiger partial charge in [0.15, 0.2) is 0 Å². The van der Waals surface area contributed by atoms with Gasteiger partial charge in [-0.15, -0.1) is 0 Å². The van der Waals surface area contributed by atoms with Crippen LogP contribution in [0.4, 0.5) is 0 Å². The minimum absolute atomic E-state index is 0.359. The number of fused-ring (bicyclic) bond motifs is 1. The molecular weight excluding hydrogens is 492 g/mol. The van der Waals surface area contributed by atoms with E-state index in [9.17, 15) is 8.42 Å². The summed E-state index contributed by atoms with van der Waals surface area (Å²) >= 11 is 5.96. The summed E-state index contributed by atoms with van der Waals surface area (Å²) < 4.78 is 29.5. The molecule has 2 aromatic carbocycles. The smallest absolute Gasteiger partial charge is 0.243 e. The largest absolute Gasteiger partial charge is 0.317 e. The molecule has 6 nitrogen and oxygen atoms in total. The molecule has 0 unspecified atom stereocenters. The van der Waals surface area contributed by atoms with Crippen LogP contribution in [-0.4, -0.2) is 68.9 Å². The number of hydrogen-bond acceptors (Lipinski definition) is 5. The SMILES string of the molecule is CN(CC=Cc1ccc(Cl)cc1)CCN(CCC1CCNCC1)S(=O)(=O)c1cccc2cnccc12. The van der Waals surface area contributed by atoms with E-state index in [0.29, 0.717) is 30.4 Å². The van der Waals surface area contributed by atoms with E-state index in [0.717, 1.165) is 60.3 Å². The zero-order chi connectivity index (χ0) is 25.4. The fourth-order valence-corrected chi connectivity index (χ4v) is 6.41. The maximum absolute atomic E-state index is 13.9. The van der Waals surface area contributed by atoms with Gasteiger partial charge in [-0.05, 0) is 75.1 Å². The number of benzene rings is 2. The lowest BCUT2D eigenvalue weighted by atomic mass is 9.95. The molecule has 192 valence electrons. The molecule has 1 aliphatic heterocycles. The number of pyridine rings is 1. The molecule has 0 spiro atoms. The van der Waals surface area contributed by atoms with Crippen molar-refractivity contribution < 1.29 is 8.42 Å². The summed E-state index contributed by atoms with van der Waals surface area (Å²) in [5.74, 6) is 0.556. The summed E-state index contributed by atoms with van der Waals surface area (Å²) in [5, 5.41) is 5.67. The summed E-state index contributed by atoms with van der Waals surface area (Å²) in [6, 6.07) is 14.9. The van der Waals surface area contributed by atoms with Crippen LogP contribution in [-0.2, 0) is 10.0 Å². The van der Waals surface area contributed by atoms with Gasteiger partial charge in [0.05, 0.1) is 4.90 Å². The Morgan fingerprint density at radius 2 is 1.83 bits per heavy atom. The van der Waals surface area contributed by atoms with Crippen LogP contribution in [0.5, 0.6) is 0 Å². The van der Waals surface area contributed by atoms with Crippen molar-refractivity contribution in [2.75, 3.05) is 46.3 Å². The maximum atomic E-state index is 13.9. The van der Waals surface area contributed by atoms with E-state index < -0.39 is 10.0 Å². The van der Waals surface area contributed by atoms with Gasteiger partial charge in [0.1, 0.15) is 0 Å². The van der Waals surface area contributed by atoms with E-state index in [1.165, 1.54) is 0 Å². The number of piperidine rings is 1. The number of rotatable bonds is 11. The van der Waals surface area contributed by atoms with Gasteiger partial charge >= 0.3 is 0 Å². The molecule has 1 aliphatic rings. The van der Waals surface area contributed by atoms with Crippen molar-refractivity contribution in [2.24, 2.45) is 5.92 Å². The minimum atomic E-state index is -3.66. The fraction of sp³-hybridized carbons (Fsp3) is 0.393. The molecule has 3 aromatic rings. The third kappa shape index (κ3) is 7.14. The fourth-order valence-electron chi connectivity index (χ4n) is 4.62. The predicted molar refractivity (Wildman–Crippen MR) is 149 cm³/mol. The van der Waals surface area contributed by atoms with Crippen molar-refractivity contribution in [3.8, 4) is 0 Å². The first-order valence-corrected chi connectivity index (χ1v) is 14.4. The average Bonchev–Trinajstić information content (AvgIpc) is 2.90. The number of sulfonamides is 1. The first kappa shape index (κ1) is 26.8. The first-order valence-electron chi connectivity index (χ1n) is 12.6. The van der Waals surface area contributed by atoms with Crippen molar-refractivity contribution in [3.63, 3.8) is 0 Å². The molecule has 1 aromatic heterocycles. The van der Waals surface area contributed by atoms with Crippen LogP contribution in [0.3, 0.4) is 0 Å². The molecule has 2 heterocycles. The van der Waals surface area contributed by atoms with Crippen LogP contribution in [0, 0.1) is 5.92 Å². The van der Waals surface area contributed by atoms with Crippen LogP contribution in [0.15, 0.2) is 71.9 Å². The molecule has 0 bridgehead atoms. The Morgan fingerprint density at radius 1 is 1.06 bits per heavy atom. The second-order valence-corrected chi connectivity index (χ2v) is 11.8. The van der Waals surface area contributed by atoms with Gasteiger partial charge in [0, 0.05) is 54.4 Å². The van der Waals surface area contributed by atoms with Gasteiger partial charge in [0.25, 0.3) is 0 Å². The number of likely N-dealkylation sites (N-methyl/N-ethyl adjacent to an activating group) is 1. The maximum Gasteiger partial charge on any atom is 0.243 e. The molecule has 0 radical (unpaired) electrons. The highest BCUT2D eigenvalue weighted by molar-refractivity contribution is 7.89. The summed E-state index contributed by atoms with van der Waals surface area (Å²) in [7, 11) is -1.64. The van der Waals surface area contributed by atoms with Gasteiger partial charge in [-0.2, -0.15) is 4.31 Å². The molecule has 1 fully saturated rings. The van der Waals surface area contributed by atoms with E-state index in [4.69, 9.17) is 11.6 Å². The highest BCUT2D eigenvalue weighted by atomic mass is 35.5. The minimum Gasteiger partial charge on any atom is -0.317 e. The lowest BCUT2D eigenvalue weighted by molar-refractivity contribution is 0.282. The van der Waals surface area contributed by atoms with Crippen molar-refractivity contribution >= 4 is 38.5 Å². The predicted octanol–water partition coefficient (Wildman–Crippen LogP) is 4.91. The molecule has 1 N–H and O–H groups in total. The monoisotopic (exact) mass is 526 g/mol. The standard InChI is InChI=1S/C28H35ClN4O2S/c1-32(18-3-4-23-7-9-26(29)10-8-23)20-21-33(19-14-24-11-15-30-16-12-24)36(34,35)28-6-2-5-25-22-31-17-13-27(25)28/h2-10,13,17,22,24,30H,11-12,14-16,18-21H2,1H3. The number of halogens is 1. The Kier molecular flexibility index (Phi) is 9.51. The molecule has 0 saturated carbocycles. The van der Waals surface area contributed by atoms with Gasteiger partial charge in [-0.25, -0.2) is 8.42 Å². The summed E-state index contributed by atoms with van der Waals surface area (Å²) in [6.07, 6.45) is 10.6. The van der Waals surface area contributed by atoms with Gasteiger partial charge < -0.3 is 10.2 Å².